The minimum atomic E-state index is -0.566. The molecule has 0 saturated heterocycles. The molecule has 0 radical (unpaired) electrons. The topological polar surface area (TPSA) is 49.4 Å². The van der Waals surface area contributed by atoms with Gasteiger partial charge in [0.15, 0.2) is 0 Å². The molecular weight excluding hydrogens is 295 g/mol. The molecule has 118 valence electrons. The fraction of sp³-hybridized carbons (Fsp3) is 0.222. The molecule has 2 aromatic carbocycles. The van der Waals surface area contributed by atoms with Gasteiger partial charge in [-0.3, -0.25) is 9.59 Å². The second-order valence-corrected chi connectivity index (χ2v) is 6.18. The first-order chi connectivity index (χ1) is 10.8. The maximum absolute atomic E-state index is 12.9. The third-order valence-electron chi connectivity index (χ3n) is 4.24. The number of hydrogen-bond donors (Lipinski definition) is 1. The van der Waals surface area contributed by atoms with E-state index in [1.54, 1.807) is 24.1 Å². The van der Waals surface area contributed by atoms with Gasteiger partial charge in [-0.15, -0.1) is 0 Å². The lowest BCUT2D eigenvalue weighted by Crippen LogP contribution is -2.33. The van der Waals surface area contributed by atoms with Gasteiger partial charge in [-0.05, 0) is 55.8 Å². The van der Waals surface area contributed by atoms with Gasteiger partial charge in [-0.2, -0.15) is 0 Å². The van der Waals surface area contributed by atoms with Crippen molar-refractivity contribution in [1.29, 1.82) is 0 Å². The highest BCUT2D eigenvalue weighted by molar-refractivity contribution is 6.09. The molecule has 0 fully saturated rings. The first kappa shape index (κ1) is 15.2. The standard InChI is InChI=1S/C18H17FN2O2/c1-18(2)14-9-8-13(10-15(14)21(3)17(18)23)20-16(22)11-4-6-12(19)7-5-11/h4-10H,1-3H3,(H,20,22). The summed E-state index contributed by atoms with van der Waals surface area (Å²) in [5, 5.41) is 2.77. The molecule has 23 heavy (non-hydrogen) atoms. The number of carbonyl (C=O) groups is 2. The molecule has 1 N–H and O–H groups in total. The maximum atomic E-state index is 12.9. The van der Waals surface area contributed by atoms with Gasteiger partial charge in [0.1, 0.15) is 5.82 Å². The van der Waals surface area contributed by atoms with Crippen LogP contribution >= 0.6 is 0 Å². The van der Waals surface area contributed by atoms with Gasteiger partial charge in [-0.25, -0.2) is 4.39 Å². The van der Waals surface area contributed by atoms with E-state index in [9.17, 15) is 14.0 Å². The molecule has 3 rings (SSSR count). The van der Waals surface area contributed by atoms with Crippen LogP contribution in [0.1, 0.15) is 29.8 Å². The van der Waals surface area contributed by atoms with Crippen molar-refractivity contribution in [2.24, 2.45) is 0 Å². The van der Waals surface area contributed by atoms with Gasteiger partial charge in [0.05, 0.1) is 5.41 Å². The molecule has 0 saturated carbocycles. The Kier molecular flexibility index (Phi) is 3.43. The van der Waals surface area contributed by atoms with E-state index in [1.165, 1.54) is 24.3 Å². The number of amides is 2. The minimum Gasteiger partial charge on any atom is -0.322 e. The molecule has 0 aliphatic carbocycles. The minimum absolute atomic E-state index is 0.0227. The Hall–Kier alpha value is -2.69. The van der Waals surface area contributed by atoms with E-state index in [2.05, 4.69) is 5.32 Å². The summed E-state index contributed by atoms with van der Waals surface area (Å²) < 4.78 is 12.9. The normalized spacial score (nSPS) is 15.5. The van der Waals surface area contributed by atoms with Crippen LogP contribution in [-0.4, -0.2) is 18.9 Å². The van der Waals surface area contributed by atoms with E-state index in [0.29, 0.717) is 11.3 Å². The van der Waals surface area contributed by atoms with Crippen molar-refractivity contribution >= 4 is 23.2 Å². The van der Waals surface area contributed by atoms with Crippen molar-refractivity contribution in [1.82, 2.24) is 0 Å². The zero-order valence-corrected chi connectivity index (χ0v) is 13.2. The lowest BCUT2D eigenvalue weighted by Gasteiger charge is -2.16. The Morgan fingerprint density at radius 1 is 1.13 bits per heavy atom. The summed E-state index contributed by atoms with van der Waals surface area (Å²) in [6.45, 7) is 3.77. The monoisotopic (exact) mass is 312 g/mol. The molecule has 0 unspecified atom stereocenters. The van der Waals surface area contributed by atoms with Crippen LogP contribution < -0.4 is 10.2 Å². The number of nitrogens with zero attached hydrogens (tertiary/aromatic N) is 1. The number of anilines is 2. The molecule has 0 spiro atoms. The summed E-state index contributed by atoms with van der Waals surface area (Å²) in [6.07, 6.45) is 0. The summed E-state index contributed by atoms with van der Waals surface area (Å²) in [7, 11) is 1.72. The Morgan fingerprint density at radius 2 is 1.78 bits per heavy atom. The second kappa shape index (κ2) is 5.19. The van der Waals surface area contributed by atoms with Crippen LogP contribution in [0.2, 0.25) is 0 Å². The van der Waals surface area contributed by atoms with Gasteiger partial charge in [-0.1, -0.05) is 6.07 Å². The number of carbonyl (C=O) groups excluding carboxylic acids is 2. The van der Waals surface area contributed by atoms with Crippen LogP contribution in [0.3, 0.4) is 0 Å². The Bertz CT molecular complexity index is 797. The number of fused-ring (bicyclic) bond motifs is 1. The summed E-state index contributed by atoms with van der Waals surface area (Å²) in [5.74, 6) is -0.688. The highest BCUT2D eigenvalue weighted by Gasteiger charge is 2.42. The number of rotatable bonds is 2. The zero-order chi connectivity index (χ0) is 16.8. The fourth-order valence-electron chi connectivity index (χ4n) is 2.86. The molecule has 0 bridgehead atoms. The van der Waals surface area contributed by atoms with Crippen LogP contribution in [0.5, 0.6) is 0 Å². The highest BCUT2D eigenvalue weighted by atomic mass is 19.1. The van der Waals surface area contributed by atoms with Gasteiger partial charge >= 0.3 is 0 Å². The first-order valence-corrected chi connectivity index (χ1v) is 7.30. The molecule has 1 heterocycles. The molecule has 5 heteroatoms. The van der Waals surface area contributed by atoms with Gasteiger partial charge in [0, 0.05) is 24.0 Å². The van der Waals surface area contributed by atoms with Gasteiger partial charge in [0.25, 0.3) is 5.91 Å². The van der Waals surface area contributed by atoms with Gasteiger partial charge < -0.3 is 10.2 Å². The smallest absolute Gasteiger partial charge is 0.255 e. The van der Waals surface area contributed by atoms with Crippen LogP contribution in [0.15, 0.2) is 42.5 Å². The summed E-state index contributed by atoms with van der Waals surface area (Å²) in [6, 6.07) is 10.8. The lowest BCUT2D eigenvalue weighted by atomic mass is 9.86. The third kappa shape index (κ3) is 2.48. The van der Waals surface area contributed by atoms with E-state index < -0.39 is 5.41 Å². The predicted octanol–water partition coefficient (Wildman–Crippen LogP) is 3.33. The van der Waals surface area contributed by atoms with Crippen LogP contribution in [0, 0.1) is 5.82 Å². The predicted molar refractivity (Wildman–Crippen MR) is 87.2 cm³/mol. The second-order valence-electron chi connectivity index (χ2n) is 6.18. The number of benzene rings is 2. The Balaban J connectivity index is 1.88. The molecular formula is C18H17FN2O2. The Morgan fingerprint density at radius 3 is 2.43 bits per heavy atom. The molecule has 2 aromatic rings. The SMILES string of the molecule is CN1C(=O)C(C)(C)c2ccc(NC(=O)c3ccc(F)cc3)cc21. The van der Waals surface area contributed by atoms with Crippen LogP contribution in [0.25, 0.3) is 0 Å². The number of hydrogen-bond acceptors (Lipinski definition) is 2. The molecule has 0 atom stereocenters. The van der Waals surface area contributed by atoms with Crippen molar-refractivity contribution in [2.45, 2.75) is 19.3 Å². The summed E-state index contributed by atoms with van der Waals surface area (Å²) in [4.78, 5) is 26.1. The van der Waals surface area contributed by atoms with Crippen molar-refractivity contribution in [3.05, 3.63) is 59.4 Å². The zero-order valence-electron chi connectivity index (χ0n) is 13.2. The fourth-order valence-corrected chi connectivity index (χ4v) is 2.86. The van der Waals surface area contributed by atoms with Gasteiger partial charge in [0.2, 0.25) is 5.91 Å². The van der Waals surface area contributed by atoms with E-state index >= 15 is 0 Å². The van der Waals surface area contributed by atoms with Crippen LogP contribution in [0.4, 0.5) is 15.8 Å². The Labute approximate surface area is 133 Å². The van der Waals surface area contributed by atoms with E-state index in [4.69, 9.17) is 0 Å². The quantitative estimate of drug-likeness (QED) is 0.924. The average Bonchev–Trinajstić information content (AvgIpc) is 2.69. The molecule has 2 amide bonds. The average molecular weight is 312 g/mol. The van der Waals surface area contributed by atoms with Crippen molar-refractivity contribution < 1.29 is 14.0 Å². The lowest BCUT2D eigenvalue weighted by molar-refractivity contribution is -0.121. The number of halogens is 1. The van der Waals surface area contributed by atoms with E-state index in [-0.39, 0.29) is 17.6 Å². The number of likely N-dealkylation sites (N-methyl/N-ethyl adjacent to an activating group) is 1. The number of nitrogens with one attached hydrogen (secondary N) is 1. The molecule has 1 aliphatic heterocycles. The van der Waals surface area contributed by atoms with Crippen LogP contribution in [-0.2, 0) is 10.2 Å². The highest BCUT2D eigenvalue weighted by Crippen LogP contribution is 2.41. The molecule has 0 aromatic heterocycles. The maximum Gasteiger partial charge on any atom is 0.255 e. The summed E-state index contributed by atoms with van der Waals surface area (Å²) >= 11 is 0. The largest absolute Gasteiger partial charge is 0.322 e. The first-order valence-electron chi connectivity index (χ1n) is 7.30. The van der Waals surface area contributed by atoms with Crippen molar-refractivity contribution in [2.75, 3.05) is 17.3 Å². The van der Waals surface area contributed by atoms with E-state index in [1.807, 2.05) is 19.9 Å². The summed E-state index contributed by atoms with van der Waals surface area (Å²) in [5.41, 5.74) is 2.12. The van der Waals surface area contributed by atoms with Crippen molar-refractivity contribution in [3.63, 3.8) is 0 Å². The third-order valence-corrected chi connectivity index (χ3v) is 4.24. The van der Waals surface area contributed by atoms with Crippen molar-refractivity contribution in [3.8, 4) is 0 Å². The van der Waals surface area contributed by atoms with E-state index in [0.717, 1.165) is 11.3 Å². The molecule has 1 aliphatic rings. The molecule has 4 nitrogen and oxygen atoms in total.